The van der Waals surface area contributed by atoms with Gasteiger partial charge < -0.3 is 25.5 Å². The lowest BCUT2D eigenvalue weighted by Gasteiger charge is -2.43. The molecule has 4 aromatic rings. The highest BCUT2D eigenvalue weighted by atomic mass is 35.5. The van der Waals surface area contributed by atoms with Crippen molar-refractivity contribution in [2.75, 3.05) is 45.2 Å². The predicted octanol–water partition coefficient (Wildman–Crippen LogP) is 4.18. The third-order valence-corrected chi connectivity index (χ3v) is 7.77. The summed E-state index contributed by atoms with van der Waals surface area (Å²) in [6.45, 7) is 2.27. The van der Waals surface area contributed by atoms with E-state index in [1.165, 1.54) is 11.0 Å². The number of carbonyl (C=O) groups is 1. The molecule has 0 spiro atoms. The van der Waals surface area contributed by atoms with Crippen LogP contribution in [0, 0.1) is 5.82 Å². The van der Waals surface area contributed by atoms with Crippen molar-refractivity contribution in [3.05, 3.63) is 59.0 Å². The number of rotatable bonds is 4. The van der Waals surface area contributed by atoms with Gasteiger partial charge in [0, 0.05) is 49.1 Å². The van der Waals surface area contributed by atoms with Crippen molar-refractivity contribution in [1.82, 2.24) is 19.8 Å². The summed E-state index contributed by atoms with van der Waals surface area (Å²) in [5, 5.41) is 12.6. The molecule has 190 valence electrons. The molecule has 2 amide bonds. The van der Waals surface area contributed by atoms with Crippen LogP contribution in [0.2, 0.25) is 5.02 Å². The molecular weight excluding hydrogens is 495 g/mol. The van der Waals surface area contributed by atoms with Gasteiger partial charge in [0.15, 0.2) is 5.82 Å². The number of hydrogen-bond acceptors (Lipinski definition) is 6. The average molecular weight is 521 g/mol. The number of likely N-dealkylation sites (N-methyl/N-ethyl adjacent to an activating group) is 1. The van der Waals surface area contributed by atoms with Crippen molar-refractivity contribution in [2.24, 2.45) is 5.73 Å². The Morgan fingerprint density at radius 3 is 2.54 bits per heavy atom. The zero-order valence-corrected chi connectivity index (χ0v) is 21.2. The topological polar surface area (TPSA) is 98.8 Å². The zero-order valence-electron chi connectivity index (χ0n) is 20.4. The molecule has 2 aliphatic rings. The second-order valence-corrected chi connectivity index (χ2v) is 10.4. The highest BCUT2D eigenvalue weighted by molar-refractivity contribution is 6.34. The van der Waals surface area contributed by atoms with Crippen LogP contribution in [-0.2, 0) is 0 Å². The minimum absolute atomic E-state index is 0.0182. The van der Waals surface area contributed by atoms with Crippen LogP contribution in [0.3, 0.4) is 0 Å². The molecule has 8 nitrogen and oxygen atoms in total. The number of benzene rings is 3. The Bertz CT molecular complexity index is 1570. The Kier molecular flexibility index (Phi) is 5.58. The molecule has 3 N–H and O–H groups in total. The standard InChI is InChI=1S/C27H26ClFN6O2/c1-33(2)16-12-35(13-16)27-31-24(15-10-34(11-15)26(30)37)20-9-21(28)22(23(29)25(20)32-27)19-8-17(36)7-14-5-3-4-6-18(14)19/h3-9,15-16,36H,10-13H2,1-2H3,(H2,30,37). The number of phenols is 1. The smallest absolute Gasteiger partial charge is 0.314 e. The Hall–Kier alpha value is -3.69. The van der Waals surface area contributed by atoms with Gasteiger partial charge in [-0.3, -0.25) is 0 Å². The van der Waals surface area contributed by atoms with Gasteiger partial charge in [0.2, 0.25) is 5.95 Å². The van der Waals surface area contributed by atoms with E-state index in [2.05, 4.69) is 9.88 Å². The first-order valence-electron chi connectivity index (χ1n) is 12.1. The largest absolute Gasteiger partial charge is 0.508 e. The van der Waals surface area contributed by atoms with Crippen LogP contribution in [0.5, 0.6) is 5.75 Å². The second kappa shape index (κ2) is 8.71. The van der Waals surface area contributed by atoms with Gasteiger partial charge >= 0.3 is 6.03 Å². The quantitative estimate of drug-likeness (QED) is 0.419. The fourth-order valence-corrected chi connectivity index (χ4v) is 5.48. The van der Waals surface area contributed by atoms with Crippen molar-refractivity contribution in [1.29, 1.82) is 0 Å². The van der Waals surface area contributed by atoms with Crippen molar-refractivity contribution < 1.29 is 14.3 Å². The summed E-state index contributed by atoms with van der Waals surface area (Å²) in [5.74, 6) is -0.208. The molecular formula is C27H26ClFN6O2. The molecule has 1 aromatic heterocycles. The van der Waals surface area contributed by atoms with E-state index in [4.69, 9.17) is 22.3 Å². The first-order chi connectivity index (χ1) is 17.7. The second-order valence-electron chi connectivity index (χ2n) is 10.0. The summed E-state index contributed by atoms with van der Waals surface area (Å²) in [4.78, 5) is 26.8. The molecule has 0 bridgehead atoms. The van der Waals surface area contributed by atoms with Crippen LogP contribution in [0.15, 0.2) is 42.5 Å². The maximum absolute atomic E-state index is 16.4. The zero-order chi connectivity index (χ0) is 26.0. The number of likely N-dealkylation sites (tertiary alicyclic amines) is 1. The van der Waals surface area contributed by atoms with Gasteiger partial charge in [-0.15, -0.1) is 0 Å². The first-order valence-corrected chi connectivity index (χ1v) is 12.5. The van der Waals surface area contributed by atoms with Gasteiger partial charge in [-0.25, -0.2) is 19.2 Å². The van der Waals surface area contributed by atoms with Crippen molar-refractivity contribution in [3.63, 3.8) is 0 Å². The molecule has 2 fully saturated rings. The van der Waals surface area contributed by atoms with Crippen molar-refractivity contribution >= 4 is 45.3 Å². The number of nitrogens with zero attached hydrogens (tertiary/aromatic N) is 5. The van der Waals surface area contributed by atoms with E-state index >= 15 is 4.39 Å². The Morgan fingerprint density at radius 2 is 1.84 bits per heavy atom. The van der Waals surface area contributed by atoms with E-state index in [0.29, 0.717) is 41.7 Å². The van der Waals surface area contributed by atoms with E-state index in [9.17, 15) is 9.90 Å². The molecule has 0 radical (unpaired) electrons. The summed E-state index contributed by atoms with van der Waals surface area (Å²) in [7, 11) is 4.05. The lowest BCUT2D eigenvalue weighted by atomic mass is 9.91. The van der Waals surface area contributed by atoms with Crippen molar-refractivity contribution in [2.45, 2.75) is 12.0 Å². The number of aromatic nitrogens is 2. The third kappa shape index (κ3) is 3.89. The summed E-state index contributed by atoms with van der Waals surface area (Å²) in [5.41, 5.74) is 6.92. The molecule has 2 aliphatic heterocycles. The van der Waals surface area contributed by atoms with Crippen LogP contribution >= 0.6 is 11.6 Å². The van der Waals surface area contributed by atoms with Gasteiger partial charge in [-0.1, -0.05) is 35.9 Å². The number of primary amides is 1. The fourth-order valence-electron chi connectivity index (χ4n) is 5.18. The molecule has 0 atom stereocenters. The van der Waals surface area contributed by atoms with Gasteiger partial charge in [0.05, 0.1) is 10.7 Å². The van der Waals surface area contributed by atoms with E-state index in [-0.39, 0.29) is 27.8 Å². The summed E-state index contributed by atoms with van der Waals surface area (Å²) in [6, 6.07) is 12.2. The van der Waals surface area contributed by atoms with E-state index in [1.54, 1.807) is 12.1 Å². The number of hydrogen-bond donors (Lipinski definition) is 2. The number of urea groups is 1. The number of phenolic OH excluding ortho intramolecular Hbond substituents is 1. The lowest BCUT2D eigenvalue weighted by Crippen LogP contribution is -2.58. The van der Waals surface area contributed by atoms with Crippen LogP contribution < -0.4 is 10.6 Å². The molecule has 10 heteroatoms. The number of nitrogens with two attached hydrogens (primary N) is 1. The minimum Gasteiger partial charge on any atom is -0.508 e. The predicted molar refractivity (Wildman–Crippen MR) is 143 cm³/mol. The Balaban J connectivity index is 1.54. The SMILES string of the molecule is CN(C)C1CN(c2nc(C3CN(C(N)=O)C3)c3cc(Cl)c(-c4cc(O)cc5ccccc45)c(F)c3n2)C1. The number of amides is 2. The average Bonchev–Trinajstić information content (AvgIpc) is 2.77. The monoisotopic (exact) mass is 520 g/mol. The van der Waals surface area contributed by atoms with Gasteiger partial charge in [-0.05, 0) is 48.6 Å². The van der Waals surface area contributed by atoms with Crippen molar-refractivity contribution in [3.8, 4) is 16.9 Å². The van der Waals surface area contributed by atoms with Gasteiger partial charge in [0.25, 0.3) is 0 Å². The van der Waals surface area contributed by atoms with E-state index < -0.39 is 11.8 Å². The number of aromatic hydroxyl groups is 1. The lowest BCUT2D eigenvalue weighted by molar-refractivity contribution is 0.159. The third-order valence-electron chi connectivity index (χ3n) is 7.47. The highest BCUT2D eigenvalue weighted by Crippen LogP contribution is 2.43. The number of halogens is 2. The van der Waals surface area contributed by atoms with Crippen LogP contribution in [-0.4, -0.2) is 77.2 Å². The molecule has 6 rings (SSSR count). The maximum atomic E-state index is 16.4. The molecule has 3 aromatic carbocycles. The van der Waals surface area contributed by atoms with Gasteiger partial charge in [-0.2, -0.15) is 0 Å². The highest BCUT2D eigenvalue weighted by Gasteiger charge is 2.36. The molecule has 0 aliphatic carbocycles. The van der Waals surface area contributed by atoms with Crippen LogP contribution in [0.4, 0.5) is 15.1 Å². The first kappa shape index (κ1) is 23.7. The molecule has 0 unspecified atom stereocenters. The minimum atomic E-state index is -0.570. The number of anilines is 1. The number of fused-ring (bicyclic) bond motifs is 2. The summed E-state index contributed by atoms with van der Waals surface area (Å²) >= 11 is 6.73. The fraction of sp³-hybridized carbons (Fsp3) is 0.296. The van der Waals surface area contributed by atoms with Crippen LogP contribution in [0.1, 0.15) is 11.6 Å². The summed E-state index contributed by atoms with van der Waals surface area (Å²) in [6.07, 6.45) is 0. The molecule has 37 heavy (non-hydrogen) atoms. The Labute approximate surface area is 218 Å². The summed E-state index contributed by atoms with van der Waals surface area (Å²) < 4.78 is 16.4. The molecule has 3 heterocycles. The molecule has 2 saturated heterocycles. The van der Waals surface area contributed by atoms with Crippen LogP contribution in [0.25, 0.3) is 32.8 Å². The van der Waals surface area contributed by atoms with E-state index in [1.807, 2.05) is 43.3 Å². The Morgan fingerprint density at radius 1 is 1.11 bits per heavy atom. The maximum Gasteiger partial charge on any atom is 0.314 e. The van der Waals surface area contributed by atoms with Gasteiger partial charge in [0.1, 0.15) is 11.3 Å². The number of carbonyl (C=O) groups excluding carboxylic acids is 1. The molecule has 0 saturated carbocycles. The van der Waals surface area contributed by atoms with E-state index in [0.717, 1.165) is 23.9 Å². The normalized spacial score (nSPS) is 16.5.